The number of hydrogen-bond acceptors (Lipinski definition) is 3. The fourth-order valence-corrected chi connectivity index (χ4v) is 8.00. The van der Waals surface area contributed by atoms with E-state index in [2.05, 4.69) is 152 Å². The van der Waals surface area contributed by atoms with Gasteiger partial charge in [-0.3, -0.25) is 9.55 Å². The van der Waals surface area contributed by atoms with Crippen LogP contribution in [0.5, 0.6) is 5.75 Å². The minimum absolute atomic E-state index is 0. The van der Waals surface area contributed by atoms with Crippen molar-refractivity contribution in [2.45, 2.75) is 86.0 Å². The summed E-state index contributed by atoms with van der Waals surface area (Å²) < 4.78 is 44.4. The number of aromatic hydroxyl groups is 1. The zero-order valence-electron chi connectivity index (χ0n) is 41.4. The monoisotopic (exact) mass is 986 g/mol. The molecule has 0 spiro atoms. The van der Waals surface area contributed by atoms with Crippen LogP contribution in [0.2, 0.25) is 0 Å². The molecule has 4 nitrogen and oxygen atoms in total. The van der Waals surface area contributed by atoms with E-state index in [1.807, 2.05) is 12.1 Å². The second kappa shape index (κ2) is 17.8. The first-order chi connectivity index (χ1) is 30.8. The van der Waals surface area contributed by atoms with Gasteiger partial charge in [-0.25, -0.2) is 4.98 Å². The van der Waals surface area contributed by atoms with Crippen molar-refractivity contribution in [1.82, 2.24) is 14.5 Å². The number of phenolic OH excluding ortho intramolecular Hbond substituents is 1. The quantitative estimate of drug-likeness (QED) is 0.139. The van der Waals surface area contributed by atoms with Crippen LogP contribution >= 0.6 is 0 Å². The number of phenols is 1. The molecule has 0 bridgehead atoms. The Balaban J connectivity index is 0.00000648. The van der Waals surface area contributed by atoms with Crippen molar-refractivity contribution in [3.63, 3.8) is 0 Å². The maximum absolute atomic E-state index is 12.3. The third-order valence-corrected chi connectivity index (χ3v) is 11.3. The molecule has 0 saturated carbocycles. The summed E-state index contributed by atoms with van der Waals surface area (Å²) in [4.78, 5) is 10.3. The van der Waals surface area contributed by atoms with E-state index in [1.54, 1.807) is 18.3 Å². The summed E-state index contributed by atoms with van der Waals surface area (Å²) in [5, 5.41) is 12.3. The third-order valence-electron chi connectivity index (χ3n) is 11.3. The van der Waals surface area contributed by atoms with E-state index in [0.717, 1.165) is 62.1 Å². The van der Waals surface area contributed by atoms with E-state index in [4.69, 9.17) is 16.8 Å². The molecule has 2 aromatic heterocycles. The Hall–Kier alpha value is -5.57. The first-order valence-corrected chi connectivity index (χ1v) is 21.0. The second-order valence-corrected chi connectivity index (χ2v) is 18.0. The van der Waals surface area contributed by atoms with Gasteiger partial charge in [-0.05, 0) is 93.3 Å². The standard InChI is InChI=1S/C56H56N3O.Pt/c1-35(2)27-38-23-24-51(48(28-38)40-19-14-11-15-20-40)59-52-22-16-21-46(53(52)58-55(59)49-33-42(36(3)4)32-47(37(5)6)54(49)60)43-29-44(31-45(30-43)56(7,8)9)50-34-41(25-26-57-50)39-17-12-10-13-18-39;/h10-26,28,30-37,60H,27H2,1-9H3;/q-1;/i10D,12D,13D,17D,18D;. The molecule has 6 aromatic carbocycles. The Labute approximate surface area is 384 Å². The van der Waals surface area contributed by atoms with Gasteiger partial charge in [0.15, 0.2) is 0 Å². The van der Waals surface area contributed by atoms with Crippen molar-refractivity contribution < 1.29 is 33.0 Å². The normalized spacial score (nSPS) is 13.0. The molecule has 0 aliphatic rings. The molecule has 0 aliphatic heterocycles. The van der Waals surface area contributed by atoms with Gasteiger partial charge in [0.1, 0.15) is 11.6 Å². The summed E-state index contributed by atoms with van der Waals surface area (Å²) in [5.41, 5.74) is 12.8. The van der Waals surface area contributed by atoms with E-state index in [9.17, 15) is 5.11 Å². The van der Waals surface area contributed by atoms with E-state index < -0.39 is 6.04 Å². The minimum Gasteiger partial charge on any atom is -0.507 e. The molecule has 0 atom stereocenters. The molecule has 8 rings (SSSR count). The Morgan fingerprint density at radius 2 is 1.44 bits per heavy atom. The average molecular weight is 987 g/mol. The molecule has 0 fully saturated rings. The maximum Gasteiger partial charge on any atom is 0.148 e. The summed E-state index contributed by atoms with van der Waals surface area (Å²) >= 11 is 0. The number of aromatic nitrogens is 3. The Morgan fingerprint density at radius 3 is 2.13 bits per heavy atom. The zero-order chi connectivity index (χ0) is 46.6. The van der Waals surface area contributed by atoms with Crippen LogP contribution in [0.4, 0.5) is 0 Å². The summed E-state index contributed by atoms with van der Waals surface area (Å²) in [6.07, 6.45) is 2.54. The number of hydrogen-bond donors (Lipinski definition) is 1. The number of nitrogens with zero attached hydrogens (tertiary/aromatic N) is 3. The molecule has 0 amide bonds. The van der Waals surface area contributed by atoms with E-state index >= 15 is 0 Å². The predicted octanol–water partition coefficient (Wildman–Crippen LogP) is 15.0. The van der Waals surface area contributed by atoms with Crippen molar-refractivity contribution in [2.75, 3.05) is 0 Å². The largest absolute Gasteiger partial charge is 0.507 e. The third kappa shape index (κ3) is 8.93. The fourth-order valence-electron chi connectivity index (χ4n) is 8.00. The summed E-state index contributed by atoms with van der Waals surface area (Å²) in [6, 6.07) is 37.2. The molecule has 2 heterocycles. The molecule has 1 N–H and O–H groups in total. The van der Waals surface area contributed by atoms with Crippen molar-refractivity contribution in [1.29, 1.82) is 0 Å². The van der Waals surface area contributed by atoms with Gasteiger partial charge in [0.05, 0.1) is 29.1 Å². The van der Waals surface area contributed by atoms with Gasteiger partial charge in [0.2, 0.25) is 0 Å². The number of para-hydroxylation sites is 1. The Kier molecular flexibility index (Phi) is 10.9. The summed E-state index contributed by atoms with van der Waals surface area (Å²) in [7, 11) is 0. The minimum atomic E-state index is -0.434. The first-order valence-electron chi connectivity index (χ1n) is 23.5. The Bertz CT molecular complexity index is 3090. The van der Waals surface area contributed by atoms with Crippen molar-refractivity contribution in [3.05, 3.63) is 168 Å². The fraction of sp³-hybridized carbons (Fsp3) is 0.250. The first kappa shape index (κ1) is 37.2. The number of imidazole rings is 1. The molecule has 0 unspecified atom stereocenters. The van der Waals surface area contributed by atoms with Crippen LogP contribution in [0.1, 0.15) is 103 Å². The number of benzene rings is 6. The predicted molar refractivity (Wildman–Crippen MR) is 252 cm³/mol. The molecule has 61 heavy (non-hydrogen) atoms. The number of rotatable bonds is 10. The van der Waals surface area contributed by atoms with Gasteiger partial charge in [0, 0.05) is 38.5 Å². The van der Waals surface area contributed by atoms with Crippen LogP contribution in [0.3, 0.4) is 0 Å². The van der Waals surface area contributed by atoms with E-state index in [0.29, 0.717) is 34.1 Å². The molecule has 8 aromatic rings. The molecular formula is C56H56N3OPt-. The number of fused-ring (bicyclic) bond motifs is 1. The smallest absolute Gasteiger partial charge is 0.148 e. The molecule has 5 heteroatoms. The molecule has 312 valence electrons. The summed E-state index contributed by atoms with van der Waals surface area (Å²) in [5.74, 6) is 1.59. The van der Waals surface area contributed by atoms with E-state index in [1.165, 1.54) is 5.56 Å². The van der Waals surface area contributed by atoms with Gasteiger partial charge >= 0.3 is 0 Å². The molecule has 0 radical (unpaired) electrons. The second-order valence-electron chi connectivity index (χ2n) is 18.0. The van der Waals surface area contributed by atoms with Crippen LogP contribution in [-0.2, 0) is 32.9 Å². The van der Waals surface area contributed by atoms with Crippen molar-refractivity contribution >= 4 is 11.0 Å². The van der Waals surface area contributed by atoms with Crippen molar-refractivity contribution in [3.8, 4) is 67.5 Å². The zero-order valence-corrected chi connectivity index (χ0v) is 38.7. The molecular weight excluding hydrogens is 926 g/mol. The molecule has 0 aliphatic carbocycles. The van der Waals surface area contributed by atoms with E-state index in [-0.39, 0.29) is 73.8 Å². The number of pyridine rings is 1. The van der Waals surface area contributed by atoms with Crippen LogP contribution in [0.15, 0.2) is 140 Å². The topological polar surface area (TPSA) is 50.9 Å². The van der Waals surface area contributed by atoms with Gasteiger partial charge < -0.3 is 5.11 Å². The van der Waals surface area contributed by atoms with Crippen LogP contribution < -0.4 is 0 Å². The van der Waals surface area contributed by atoms with Crippen molar-refractivity contribution in [2.24, 2.45) is 5.92 Å². The Morgan fingerprint density at radius 1 is 0.705 bits per heavy atom. The van der Waals surface area contributed by atoms with Gasteiger partial charge in [0.25, 0.3) is 0 Å². The van der Waals surface area contributed by atoms with Gasteiger partial charge in [-0.15, -0.1) is 29.3 Å². The average Bonchev–Trinajstić information content (AvgIpc) is 3.66. The maximum atomic E-state index is 12.3. The van der Waals surface area contributed by atoms with Gasteiger partial charge in [-0.2, -0.15) is 0 Å². The molecule has 0 saturated heterocycles. The van der Waals surface area contributed by atoms with Crippen LogP contribution in [0, 0.1) is 12.0 Å². The summed E-state index contributed by atoms with van der Waals surface area (Å²) in [6.45, 7) is 19.5. The van der Waals surface area contributed by atoms with Crippen LogP contribution in [0.25, 0.3) is 72.7 Å². The van der Waals surface area contributed by atoms with Gasteiger partial charge in [-0.1, -0.05) is 164 Å². The SMILES string of the molecule is [2H]c1c([2H])c([2H])c(-c2ccnc(-c3[c-]c(-c4cccc5c4nc(-c4cc(C(C)C)cc(C(C)C)c4O)n5-c4ccc(CC(C)C)cc4-c4ccccc4)cc(C(C)(C)C)c3)c2)c([2H])c1[2H].[Pt]. The van der Waals surface area contributed by atoms with Crippen LogP contribution in [-0.4, -0.2) is 19.6 Å².